The smallest absolute Gasteiger partial charge is 0.448 e. The second-order valence-electron chi connectivity index (χ2n) is 3.91. The fraction of sp³-hybridized carbons (Fsp3) is 1.00. The number of likely N-dealkylation sites (tertiary alicyclic amines) is 1. The molecular weight excluding hydrogens is 194 g/mol. The summed E-state index contributed by atoms with van der Waals surface area (Å²) in [5.41, 5.74) is 0. The molecule has 0 aliphatic carbocycles. The third-order valence-electron chi connectivity index (χ3n) is 2.57. The highest BCUT2D eigenvalue weighted by Gasteiger charge is 2.28. The van der Waals surface area contributed by atoms with E-state index in [-0.39, 0.29) is 0 Å². The van der Waals surface area contributed by atoms with Crippen LogP contribution >= 0.6 is 0 Å². The van der Waals surface area contributed by atoms with Crippen molar-refractivity contribution >= 4 is 6.98 Å². The van der Waals surface area contributed by atoms with Crippen LogP contribution in [0.5, 0.6) is 0 Å². The summed E-state index contributed by atoms with van der Waals surface area (Å²) in [6, 6.07) is 0. The van der Waals surface area contributed by atoms with E-state index in [0.29, 0.717) is 25.6 Å². The van der Waals surface area contributed by atoms with Gasteiger partial charge in [0.1, 0.15) is 0 Å². The van der Waals surface area contributed by atoms with Gasteiger partial charge in [-0.3, -0.25) is 0 Å². The van der Waals surface area contributed by atoms with Gasteiger partial charge in [0, 0.05) is 13.7 Å². The van der Waals surface area contributed by atoms with Crippen LogP contribution in [0.3, 0.4) is 0 Å². The highest BCUT2D eigenvalue weighted by atomic mass is 19.4. The lowest BCUT2D eigenvalue weighted by atomic mass is 9.88. The highest BCUT2D eigenvalue weighted by Crippen LogP contribution is 2.20. The third-order valence-corrected chi connectivity index (χ3v) is 2.57. The molecule has 14 heavy (non-hydrogen) atoms. The molecule has 0 radical (unpaired) electrons. The second-order valence-corrected chi connectivity index (χ2v) is 3.91. The molecule has 0 amide bonds. The van der Waals surface area contributed by atoms with Crippen LogP contribution in [-0.2, 0) is 4.74 Å². The topological polar surface area (TPSA) is 12.5 Å². The second kappa shape index (κ2) is 5.02. The average Bonchev–Trinajstić information content (AvgIpc) is 2.06. The molecular formula is C8H16BF3NO-. The van der Waals surface area contributed by atoms with Crippen molar-refractivity contribution in [1.82, 2.24) is 4.90 Å². The Morgan fingerprint density at radius 1 is 1.29 bits per heavy atom. The van der Waals surface area contributed by atoms with Crippen molar-refractivity contribution in [3.63, 3.8) is 0 Å². The van der Waals surface area contributed by atoms with Crippen LogP contribution in [0, 0.1) is 5.92 Å². The van der Waals surface area contributed by atoms with Gasteiger partial charge in [0.15, 0.2) is 0 Å². The van der Waals surface area contributed by atoms with E-state index in [2.05, 4.69) is 0 Å². The molecule has 1 fully saturated rings. The van der Waals surface area contributed by atoms with Gasteiger partial charge in [0.25, 0.3) is 0 Å². The highest BCUT2D eigenvalue weighted by molar-refractivity contribution is 6.58. The predicted octanol–water partition coefficient (Wildman–Crippen LogP) is 1.73. The van der Waals surface area contributed by atoms with Crippen LogP contribution in [0.4, 0.5) is 12.9 Å². The summed E-state index contributed by atoms with van der Waals surface area (Å²) in [4.78, 5) is 1.49. The number of hydrogen-bond donors (Lipinski definition) is 0. The molecule has 0 saturated carbocycles. The van der Waals surface area contributed by atoms with Crippen molar-refractivity contribution in [2.24, 2.45) is 5.92 Å². The summed E-state index contributed by atoms with van der Waals surface area (Å²) in [5, 5.41) is 0. The zero-order valence-electron chi connectivity index (χ0n) is 8.39. The Kier molecular flexibility index (Phi) is 4.25. The Balaban J connectivity index is 2.22. The van der Waals surface area contributed by atoms with Crippen LogP contribution in [0.15, 0.2) is 0 Å². The number of methoxy groups -OCH3 is 1. The SMILES string of the molecule is COCC1CCN(C[B-](F)(F)F)CC1. The van der Waals surface area contributed by atoms with Crippen LogP contribution in [0.2, 0.25) is 0 Å². The number of piperidine rings is 1. The number of rotatable bonds is 4. The summed E-state index contributed by atoms with van der Waals surface area (Å²) >= 11 is 0. The Morgan fingerprint density at radius 2 is 1.86 bits per heavy atom. The molecule has 1 aliphatic rings. The molecule has 1 heterocycles. The fourth-order valence-electron chi connectivity index (χ4n) is 1.86. The lowest BCUT2D eigenvalue weighted by Crippen LogP contribution is -2.43. The molecule has 1 saturated heterocycles. The Morgan fingerprint density at radius 3 is 2.29 bits per heavy atom. The first-order valence-electron chi connectivity index (χ1n) is 4.93. The third kappa shape index (κ3) is 4.33. The molecule has 1 rings (SSSR count). The molecule has 0 aromatic heterocycles. The van der Waals surface area contributed by atoms with Crippen LogP contribution in [0.25, 0.3) is 0 Å². The lowest BCUT2D eigenvalue weighted by Gasteiger charge is -2.34. The van der Waals surface area contributed by atoms with E-state index in [4.69, 9.17) is 4.74 Å². The van der Waals surface area contributed by atoms with Crippen LogP contribution < -0.4 is 0 Å². The van der Waals surface area contributed by atoms with Gasteiger partial charge in [-0.2, -0.15) is 0 Å². The predicted molar refractivity (Wildman–Crippen MR) is 50.1 cm³/mol. The molecule has 0 spiro atoms. The van der Waals surface area contributed by atoms with Gasteiger partial charge in [0.2, 0.25) is 0 Å². The van der Waals surface area contributed by atoms with E-state index < -0.39 is 13.4 Å². The molecule has 0 N–H and O–H groups in total. The van der Waals surface area contributed by atoms with Crippen LogP contribution in [0.1, 0.15) is 12.8 Å². The monoisotopic (exact) mass is 210 g/mol. The number of nitrogens with zero attached hydrogens (tertiary/aromatic N) is 1. The van der Waals surface area contributed by atoms with Gasteiger partial charge in [0.05, 0.1) is 0 Å². The van der Waals surface area contributed by atoms with Gasteiger partial charge < -0.3 is 22.6 Å². The van der Waals surface area contributed by atoms with E-state index in [0.717, 1.165) is 12.8 Å². The van der Waals surface area contributed by atoms with E-state index in [9.17, 15) is 12.9 Å². The van der Waals surface area contributed by atoms with E-state index in [1.165, 1.54) is 4.90 Å². The minimum atomic E-state index is -4.66. The van der Waals surface area contributed by atoms with Gasteiger partial charge >= 0.3 is 6.98 Å². The van der Waals surface area contributed by atoms with E-state index in [1.807, 2.05) is 0 Å². The minimum Gasteiger partial charge on any atom is -0.448 e. The molecule has 84 valence electrons. The number of hydrogen-bond acceptors (Lipinski definition) is 2. The molecule has 0 aromatic rings. The van der Waals surface area contributed by atoms with Crippen molar-refractivity contribution in [1.29, 1.82) is 0 Å². The van der Waals surface area contributed by atoms with Crippen molar-refractivity contribution in [2.75, 3.05) is 33.3 Å². The fourth-order valence-corrected chi connectivity index (χ4v) is 1.86. The summed E-state index contributed by atoms with van der Waals surface area (Å²) in [6.45, 7) is -2.89. The average molecular weight is 210 g/mol. The first kappa shape index (κ1) is 11.8. The van der Waals surface area contributed by atoms with Gasteiger partial charge in [-0.15, -0.1) is 0 Å². The molecule has 6 heteroatoms. The van der Waals surface area contributed by atoms with Crippen molar-refractivity contribution < 1.29 is 17.7 Å². The summed E-state index contributed by atoms with van der Waals surface area (Å²) < 4.78 is 41.2. The number of ether oxygens (including phenoxy) is 1. The quantitative estimate of drug-likeness (QED) is 0.655. The zero-order chi connectivity index (χ0) is 10.6. The van der Waals surface area contributed by atoms with Crippen molar-refractivity contribution in [3.05, 3.63) is 0 Å². The maximum atomic E-state index is 12.1. The van der Waals surface area contributed by atoms with E-state index in [1.54, 1.807) is 7.11 Å². The Hall–Kier alpha value is -0.225. The van der Waals surface area contributed by atoms with E-state index >= 15 is 0 Å². The van der Waals surface area contributed by atoms with Gasteiger partial charge in [-0.05, 0) is 38.3 Å². The molecule has 2 nitrogen and oxygen atoms in total. The Labute approximate surface area is 82.5 Å². The lowest BCUT2D eigenvalue weighted by molar-refractivity contribution is 0.103. The van der Waals surface area contributed by atoms with Crippen molar-refractivity contribution in [2.45, 2.75) is 12.8 Å². The Bertz CT molecular complexity index is 168. The zero-order valence-corrected chi connectivity index (χ0v) is 8.39. The molecule has 0 bridgehead atoms. The summed E-state index contributed by atoms with van der Waals surface area (Å²) in [5.74, 6) is 0.442. The normalized spacial score (nSPS) is 21.4. The molecule has 0 unspecified atom stereocenters. The van der Waals surface area contributed by atoms with Gasteiger partial charge in [-0.25, -0.2) is 0 Å². The molecule has 0 aromatic carbocycles. The minimum absolute atomic E-state index is 0.442. The first-order valence-corrected chi connectivity index (χ1v) is 4.93. The number of halogens is 3. The van der Waals surface area contributed by atoms with Crippen molar-refractivity contribution in [3.8, 4) is 0 Å². The van der Waals surface area contributed by atoms with Gasteiger partial charge in [-0.1, -0.05) is 0 Å². The first-order chi connectivity index (χ1) is 6.51. The maximum absolute atomic E-state index is 12.1. The largest absolute Gasteiger partial charge is 0.492 e. The molecule has 1 aliphatic heterocycles. The maximum Gasteiger partial charge on any atom is 0.492 e. The molecule has 0 atom stereocenters. The standard InChI is InChI=1S/C8H16BF3NO/c1-14-6-8-2-4-13(5-3-8)7-9(10,11)12/h8H,2-7H2,1H3/q-1. The summed E-state index contributed by atoms with van der Waals surface area (Å²) in [7, 11) is 1.63. The summed E-state index contributed by atoms with van der Waals surface area (Å²) in [6.07, 6.45) is 0.930. The van der Waals surface area contributed by atoms with Crippen LogP contribution in [-0.4, -0.2) is 45.1 Å².